The Morgan fingerprint density at radius 2 is 2.10 bits per heavy atom. The summed E-state index contributed by atoms with van der Waals surface area (Å²) in [7, 11) is 2.91. The molecule has 0 saturated carbocycles. The van der Waals surface area contributed by atoms with Gasteiger partial charge in [-0.3, -0.25) is 4.99 Å². The van der Waals surface area contributed by atoms with Crippen molar-refractivity contribution in [2.45, 2.75) is 38.1 Å². The number of benzene rings is 1. The average Bonchev–Trinajstić information content (AvgIpc) is 3.19. The molecule has 0 aliphatic carbocycles. The molecule has 2 N–H and O–H groups in total. The van der Waals surface area contributed by atoms with Gasteiger partial charge >= 0.3 is 6.18 Å². The molecule has 10 heteroatoms. The van der Waals surface area contributed by atoms with E-state index in [0.29, 0.717) is 25.7 Å². The second kappa shape index (κ2) is 13.1. The Hall–Kier alpha value is -1.27. The summed E-state index contributed by atoms with van der Waals surface area (Å²) in [5.74, 6) is 0.602. The van der Waals surface area contributed by atoms with E-state index in [2.05, 4.69) is 15.6 Å². The zero-order chi connectivity index (χ0) is 20.4. The number of nitrogens with one attached hydrogen (secondary N) is 2. The molecule has 1 heterocycles. The van der Waals surface area contributed by atoms with Gasteiger partial charge in [-0.1, -0.05) is 6.07 Å². The lowest BCUT2D eigenvalue weighted by atomic mass is 10.1. The van der Waals surface area contributed by atoms with Crippen LogP contribution >= 0.6 is 24.0 Å². The quantitative estimate of drug-likeness (QED) is 0.221. The monoisotopic (exact) mass is 531 g/mol. The number of rotatable bonds is 9. The van der Waals surface area contributed by atoms with Crippen LogP contribution < -0.4 is 15.4 Å². The van der Waals surface area contributed by atoms with E-state index in [1.807, 2.05) is 0 Å². The molecule has 1 atom stereocenters. The highest BCUT2D eigenvalue weighted by molar-refractivity contribution is 14.0. The molecule has 1 aromatic carbocycles. The van der Waals surface area contributed by atoms with Crippen LogP contribution in [0.2, 0.25) is 0 Å². The number of hydrogen-bond donors (Lipinski definition) is 2. The molecule has 0 bridgehead atoms. The molecule has 0 aromatic heterocycles. The number of guanidine groups is 1. The summed E-state index contributed by atoms with van der Waals surface area (Å²) in [5.41, 5.74) is -0.603. The third kappa shape index (κ3) is 8.95. The van der Waals surface area contributed by atoms with Crippen LogP contribution in [-0.4, -0.2) is 52.6 Å². The van der Waals surface area contributed by atoms with Gasteiger partial charge < -0.3 is 24.8 Å². The summed E-state index contributed by atoms with van der Waals surface area (Å²) in [6, 6.07) is 3.91. The van der Waals surface area contributed by atoms with Crippen molar-refractivity contribution in [1.82, 2.24) is 10.6 Å². The van der Waals surface area contributed by atoms with Gasteiger partial charge in [0.15, 0.2) is 5.96 Å². The van der Waals surface area contributed by atoms with Crippen molar-refractivity contribution in [3.05, 3.63) is 29.3 Å². The third-order valence-electron chi connectivity index (χ3n) is 4.38. The lowest BCUT2D eigenvalue weighted by Gasteiger charge is -2.17. The van der Waals surface area contributed by atoms with Crippen LogP contribution in [0, 0.1) is 0 Å². The molecular formula is C19H29F3IN3O3. The first-order chi connectivity index (χ1) is 13.4. The van der Waals surface area contributed by atoms with Crippen molar-refractivity contribution >= 4 is 29.9 Å². The van der Waals surface area contributed by atoms with Gasteiger partial charge in [0.25, 0.3) is 0 Å². The van der Waals surface area contributed by atoms with Crippen LogP contribution in [0.1, 0.15) is 30.4 Å². The van der Waals surface area contributed by atoms with E-state index in [1.54, 1.807) is 7.05 Å². The molecule has 1 aliphatic rings. The lowest BCUT2D eigenvalue weighted by molar-refractivity contribution is -0.138. The van der Waals surface area contributed by atoms with Crippen molar-refractivity contribution in [1.29, 1.82) is 0 Å². The topological polar surface area (TPSA) is 64.1 Å². The molecule has 1 fully saturated rings. The number of alkyl halides is 3. The van der Waals surface area contributed by atoms with Gasteiger partial charge in [0, 0.05) is 33.4 Å². The van der Waals surface area contributed by atoms with Crippen LogP contribution in [0.4, 0.5) is 13.2 Å². The van der Waals surface area contributed by atoms with E-state index in [0.717, 1.165) is 31.9 Å². The molecule has 166 valence electrons. The van der Waals surface area contributed by atoms with Crippen LogP contribution in [0.3, 0.4) is 0 Å². The number of ether oxygens (including phenoxy) is 3. The van der Waals surface area contributed by atoms with Crippen molar-refractivity contribution < 1.29 is 27.4 Å². The van der Waals surface area contributed by atoms with Crippen LogP contribution in [-0.2, 0) is 22.2 Å². The highest BCUT2D eigenvalue weighted by atomic mass is 127. The van der Waals surface area contributed by atoms with Crippen molar-refractivity contribution in [2.24, 2.45) is 4.99 Å². The SMILES string of the molecule is CN=C(NCCCOCC1CCCO1)NCc1ccc(OC)cc1C(F)(F)F.I. The minimum Gasteiger partial charge on any atom is -0.497 e. The molecule has 1 aliphatic heterocycles. The van der Waals surface area contributed by atoms with E-state index < -0.39 is 11.7 Å². The second-order valence-electron chi connectivity index (χ2n) is 6.44. The molecule has 1 unspecified atom stereocenters. The van der Waals surface area contributed by atoms with Gasteiger partial charge in [-0.25, -0.2) is 0 Å². The number of methoxy groups -OCH3 is 1. The molecule has 0 amide bonds. The summed E-state index contributed by atoms with van der Waals surface area (Å²) in [6.45, 7) is 2.58. The molecule has 0 spiro atoms. The maximum absolute atomic E-state index is 13.3. The zero-order valence-electron chi connectivity index (χ0n) is 16.7. The Balaban J connectivity index is 0.00000420. The summed E-state index contributed by atoms with van der Waals surface area (Å²) >= 11 is 0. The minimum absolute atomic E-state index is 0. The van der Waals surface area contributed by atoms with E-state index >= 15 is 0 Å². The van der Waals surface area contributed by atoms with Gasteiger partial charge in [-0.05, 0) is 37.0 Å². The molecule has 1 saturated heterocycles. The number of nitrogens with zero attached hydrogens (tertiary/aromatic N) is 1. The molecule has 1 aromatic rings. The number of hydrogen-bond acceptors (Lipinski definition) is 4. The Morgan fingerprint density at radius 1 is 1.31 bits per heavy atom. The van der Waals surface area contributed by atoms with Gasteiger partial charge in [-0.15, -0.1) is 24.0 Å². The highest BCUT2D eigenvalue weighted by Crippen LogP contribution is 2.34. The maximum atomic E-state index is 13.3. The second-order valence-corrected chi connectivity index (χ2v) is 6.44. The Labute approximate surface area is 186 Å². The Kier molecular flexibility index (Phi) is 11.7. The number of aliphatic imine (C=N–C) groups is 1. The molecule has 29 heavy (non-hydrogen) atoms. The first-order valence-corrected chi connectivity index (χ1v) is 9.32. The average molecular weight is 531 g/mol. The predicted octanol–water partition coefficient (Wildman–Crippen LogP) is 3.58. The number of halogens is 4. The molecule has 6 nitrogen and oxygen atoms in total. The molecule has 2 rings (SSSR count). The van der Waals surface area contributed by atoms with Crippen molar-refractivity contribution in [2.75, 3.05) is 40.5 Å². The van der Waals surface area contributed by atoms with Crippen LogP contribution in [0.5, 0.6) is 5.75 Å². The lowest BCUT2D eigenvalue weighted by Crippen LogP contribution is -2.38. The largest absolute Gasteiger partial charge is 0.497 e. The van der Waals surface area contributed by atoms with Gasteiger partial charge in [0.05, 0.1) is 25.4 Å². The van der Waals surface area contributed by atoms with Crippen molar-refractivity contribution in [3.8, 4) is 5.75 Å². The fourth-order valence-corrected chi connectivity index (χ4v) is 2.87. The van der Waals surface area contributed by atoms with Gasteiger partial charge in [0.1, 0.15) is 5.75 Å². The first kappa shape index (κ1) is 25.8. The van der Waals surface area contributed by atoms with E-state index in [4.69, 9.17) is 14.2 Å². The normalized spacial score (nSPS) is 17.0. The maximum Gasteiger partial charge on any atom is 0.416 e. The summed E-state index contributed by atoms with van der Waals surface area (Å²) in [4.78, 5) is 4.04. The Bertz CT molecular complexity index is 639. The third-order valence-corrected chi connectivity index (χ3v) is 4.38. The van der Waals surface area contributed by atoms with E-state index in [9.17, 15) is 13.2 Å². The molecular weight excluding hydrogens is 502 g/mol. The zero-order valence-corrected chi connectivity index (χ0v) is 19.0. The van der Waals surface area contributed by atoms with E-state index in [-0.39, 0.29) is 47.9 Å². The fourth-order valence-electron chi connectivity index (χ4n) is 2.87. The minimum atomic E-state index is -4.46. The summed E-state index contributed by atoms with van der Waals surface area (Å²) in [6.07, 6.45) is -1.37. The Morgan fingerprint density at radius 3 is 2.72 bits per heavy atom. The summed E-state index contributed by atoms with van der Waals surface area (Å²) < 4.78 is 55.7. The standard InChI is InChI=1S/C19H28F3N3O3.HI/c1-23-18(24-8-4-9-27-13-16-5-3-10-28-16)25-12-14-6-7-15(26-2)11-17(14)19(20,21)22;/h6-7,11,16H,3-5,8-10,12-13H2,1-2H3,(H2,23,24,25);1H. The molecule has 0 radical (unpaired) electrons. The van der Waals surface area contributed by atoms with Crippen molar-refractivity contribution in [3.63, 3.8) is 0 Å². The van der Waals surface area contributed by atoms with Crippen LogP contribution in [0.25, 0.3) is 0 Å². The fraction of sp³-hybridized carbons (Fsp3) is 0.632. The van der Waals surface area contributed by atoms with Crippen LogP contribution in [0.15, 0.2) is 23.2 Å². The van der Waals surface area contributed by atoms with Gasteiger partial charge in [0.2, 0.25) is 0 Å². The van der Waals surface area contributed by atoms with E-state index in [1.165, 1.54) is 19.2 Å². The summed E-state index contributed by atoms with van der Waals surface area (Å²) in [5, 5.41) is 5.98. The van der Waals surface area contributed by atoms with Gasteiger partial charge in [-0.2, -0.15) is 13.2 Å². The first-order valence-electron chi connectivity index (χ1n) is 9.32. The predicted molar refractivity (Wildman–Crippen MR) is 116 cm³/mol. The highest BCUT2D eigenvalue weighted by Gasteiger charge is 2.33. The smallest absolute Gasteiger partial charge is 0.416 e.